The Balaban J connectivity index is 2.49. The average Bonchev–Trinajstić information content (AvgIpc) is 2.38. The van der Waals surface area contributed by atoms with Crippen molar-refractivity contribution < 1.29 is 19.4 Å². The molecule has 20 heavy (non-hydrogen) atoms. The lowest BCUT2D eigenvalue weighted by Crippen LogP contribution is -2.16. The van der Waals surface area contributed by atoms with Gasteiger partial charge in [0, 0.05) is 5.69 Å². The molecule has 1 atom stereocenters. The van der Waals surface area contributed by atoms with Crippen LogP contribution in [0.4, 0.5) is 5.69 Å². The molecule has 0 aromatic heterocycles. The first-order valence-corrected chi connectivity index (χ1v) is 6.64. The summed E-state index contributed by atoms with van der Waals surface area (Å²) in [7, 11) is 0. The van der Waals surface area contributed by atoms with Crippen LogP contribution in [0.15, 0.2) is 24.3 Å². The molecule has 0 aliphatic rings. The highest BCUT2D eigenvalue weighted by atomic mass is 16.5. The number of carbonyl (C=O) groups is 2. The van der Waals surface area contributed by atoms with Crippen molar-refractivity contribution in [3.63, 3.8) is 0 Å². The van der Waals surface area contributed by atoms with E-state index >= 15 is 0 Å². The van der Waals surface area contributed by atoms with Crippen LogP contribution < -0.4 is 5.32 Å². The maximum absolute atomic E-state index is 11.6. The molecule has 5 heteroatoms. The van der Waals surface area contributed by atoms with Gasteiger partial charge in [-0.3, -0.25) is 9.59 Å². The number of carboxylic acids is 1. The molecular weight excluding hydrogens is 258 g/mol. The van der Waals surface area contributed by atoms with Crippen LogP contribution in [0.2, 0.25) is 0 Å². The lowest BCUT2D eigenvalue weighted by atomic mass is 10.0. The zero-order valence-electron chi connectivity index (χ0n) is 12.1. The van der Waals surface area contributed by atoms with Crippen LogP contribution >= 0.6 is 0 Å². The van der Waals surface area contributed by atoms with Gasteiger partial charge in [0.1, 0.15) is 0 Å². The topological polar surface area (TPSA) is 75.6 Å². The van der Waals surface area contributed by atoms with Crippen molar-refractivity contribution in [2.75, 3.05) is 11.9 Å². The van der Waals surface area contributed by atoms with Crippen molar-refractivity contribution in [3.8, 4) is 0 Å². The summed E-state index contributed by atoms with van der Waals surface area (Å²) < 4.78 is 5.30. The van der Waals surface area contributed by atoms with Crippen molar-refractivity contribution in [1.29, 1.82) is 0 Å². The van der Waals surface area contributed by atoms with E-state index in [2.05, 4.69) is 5.32 Å². The molecule has 0 heterocycles. The van der Waals surface area contributed by atoms with E-state index in [0.29, 0.717) is 24.3 Å². The molecule has 0 aliphatic heterocycles. The SMILES string of the molecule is CC(C)OCCC(=O)Nc1ccc(C(C)C(=O)O)cc1. The Hall–Kier alpha value is -1.88. The second-order valence-corrected chi connectivity index (χ2v) is 4.90. The van der Waals surface area contributed by atoms with E-state index in [0.717, 1.165) is 0 Å². The second kappa shape index (κ2) is 7.65. The van der Waals surface area contributed by atoms with Crippen LogP contribution in [0.1, 0.15) is 38.7 Å². The molecule has 1 amide bonds. The normalized spacial score (nSPS) is 12.2. The molecule has 2 N–H and O–H groups in total. The van der Waals surface area contributed by atoms with Gasteiger partial charge in [-0.25, -0.2) is 0 Å². The van der Waals surface area contributed by atoms with Gasteiger partial charge < -0.3 is 15.2 Å². The fraction of sp³-hybridized carbons (Fsp3) is 0.467. The number of hydrogen-bond donors (Lipinski definition) is 2. The molecule has 1 aromatic rings. The van der Waals surface area contributed by atoms with E-state index in [9.17, 15) is 9.59 Å². The minimum Gasteiger partial charge on any atom is -0.481 e. The summed E-state index contributed by atoms with van der Waals surface area (Å²) in [6, 6.07) is 6.82. The number of anilines is 1. The van der Waals surface area contributed by atoms with Crippen LogP contribution in [0.3, 0.4) is 0 Å². The fourth-order valence-electron chi connectivity index (χ4n) is 1.61. The van der Waals surface area contributed by atoms with E-state index in [1.54, 1.807) is 31.2 Å². The minimum atomic E-state index is -0.868. The van der Waals surface area contributed by atoms with Gasteiger partial charge in [0.05, 0.1) is 25.0 Å². The Kier molecular flexibility index (Phi) is 6.18. The summed E-state index contributed by atoms with van der Waals surface area (Å²) in [5.41, 5.74) is 1.36. The number of nitrogens with one attached hydrogen (secondary N) is 1. The van der Waals surface area contributed by atoms with Gasteiger partial charge in [-0.2, -0.15) is 0 Å². The highest BCUT2D eigenvalue weighted by Crippen LogP contribution is 2.18. The second-order valence-electron chi connectivity index (χ2n) is 4.90. The summed E-state index contributed by atoms with van der Waals surface area (Å²) in [4.78, 5) is 22.5. The third-order valence-corrected chi connectivity index (χ3v) is 2.85. The fourth-order valence-corrected chi connectivity index (χ4v) is 1.61. The first kappa shape index (κ1) is 16.2. The number of hydrogen-bond acceptors (Lipinski definition) is 3. The molecule has 0 radical (unpaired) electrons. The minimum absolute atomic E-state index is 0.111. The van der Waals surface area contributed by atoms with Crippen LogP contribution in [0.5, 0.6) is 0 Å². The number of rotatable bonds is 7. The van der Waals surface area contributed by atoms with Crippen LogP contribution in [0, 0.1) is 0 Å². The van der Waals surface area contributed by atoms with Gasteiger partial charge in [0.15, 0.2) is 0 Å². The van der Waals surface area contributed by atoms with Gasteiger partial charge in [-0.1, -0.05) is 12.1 Å². The van der Waals surface area contributed by atoms with E-state index in [1.165, 1.54) is 0 Å². The molecule has 0 bridgehead atoms. The maximum atomic E-state index is 11.6. The molecule has 0 fully saturated rings. The Morgan fingerprint density at radius 1 is 1.20 bits per heavy atom. The third-order valence-electron chi connectivity index (χ3n) is 2.85. The predicted molar refractivity (Wildman–Crippen MR) is 76.8 cm³/mol. The van der Waals surface area contributed by atoms with Gasteiger partial charge in [-0.15, -0.1) is 0 Å². The average molecular weight is 279 g/mol. The Bertz CT molecular complexity index is 453. The lowest BCUT2D eigenvalue weighted by molar-refractivity contribution is -0.138. The molecule has 1 aromatic carbocycles. The smallest absolute Gasteiger partial charge is 0.310 e. The molecule has 0 saturated heterocycles. The number of ether oxygens (including phenoxy) is 1. The third kappa shape index (κ3) is 5.40. The number of carboxylic acid groups (broad SMARTS) is 1. The molecular formula is C15H21NO4. The number of carbonyl (C=O) groups excluding carboxylic acids is 1. The molecule has 5 nitrogen and oxygen atoms in total. The molecule has 0 spiro atoms. The summed E-state index contributed by atoms with van der Waals surface area (Å²) in [6.45, 7) is 5.84. The van der Waals surface area contributed by atoms with Gasteiger partial charge in [0.2, 0.25) is 5.91 Å². The van der Waals surface area contributed by atoms with Crippen LogP contribution in [-0.4, -0.2) is 29.7 Å². The summed E-state index contributed by atoms with van der Waals surface area (Å²) in [5.74, 6) is -1.54. The van der Waals surface area contributed by atoms with Crippen LogP contribution in [0.25, 0.3) is 0 Å². The summed E-state index contributed by atoms with van der Waals surface area (Å²) in [5, 5.41) is 11.7. The van der Waals surface area contributed by atoms with Crippen molar-refractivity contribution in [1.82, 2.24) is 0 Å². The first-order chi connectivity index (χ1) is 9.40. The zero-order chi connectivity index (χ0) is 15.1. The van der Waals surface area contributed by atoms with Gasteiger partial charge >= 0.3 is 5.97 Å². The quantitative estimate of drug-likeness (QED) is 0.804. The van der Waals surface area contributed by atoms with Crippen molar-refractivity contribution in [3.05, 3.63) is 29.8 Å². The van der Waals surface area contributed by atoms with E-state index < -0.39 is 11.9 Å². The van der Waals surface area contributed by atoms with Gasteiger partial charge in [0.25, 0.3) is 0 Å². The Labute approximate surface area is 118 Å². The Morgan fingerprint density at radius 3 is 2.30 bits per heavy atom. The molecule has 0 aliphatic carbocycles. The number of amides is 1. The summed E-state index contributed by atoms with van der Waals surface area (Å²) >= 11 is 0. The Morgan fingerprint density at radius 2 is 1.80 bits per heavy atom. The molecule has 0 saturated carbocycles. The highest BCUT2D eigenvalue weighted by Gasteiger charge is 2.13. The highest BCUT2D eigenvalue weighted by molar-refractivity contribution is 5.90. The van der Waals surface area contributed by atoms with Crippen molar-refractivity contribution in [2.24, 2.45) is 0 Å². The maximum Gasteiger partial charge on any atom is 0.310 e. The molecule has 110 valence electrons. The molecule has 1 unspecified atom stereocenters. The largest absolute Gasteiger partial charge is 0.481 e. The summed E-state index contributed by atoms with van der Waals surface area (Å²) in [6.07, 6.45) is 0.408. The first-order valence-electron chi connectivity index (χ1n) is 6.64. The predicted octanol–water partition coefficient (Wildman–Crippen LogP) is 2.63. The zero-order valence-corrected chi connectivity index (χ0v) is 12.1. The number of benzene rings is 1. The number of aliphatic carboxylic acids is 1. The van der Waals surface area contributed by atoms with Crippen LogP contribution in [-0.2, 0) is 14.3 Å². The standard InChI is InChI=1S/C15H21NO4/c1-10(2)20-9-8-14(17)16-13-6-4-12(5-7-13)11(3)15(18)19/h4-7,10-11H,8-9H2,1-3H3,(H,16,17)(H,18,19). The molecule has 1 rings (SSSR count). The van der Waals surface area contributed by atoms with E-state index in [1.807, 2.05) is 13.8 Å². The van der Waals surface area contributed by atoms with Crippen molar-refractivity contribution >= 4 is 17.6 Å². The van der Waals surface area contributed by atoms with E-state index in [-0.39, 0.29) is 12.0 Å². The van der Waals surface area contributed by atoms with E-state index in [4.69, 9.17) is 9.84 Å². The van der Waals surface area contributed by atoms with Crippen molar-refractivity contribution in [2.45, 2.75) is 39.2 Å². The van der Waals surface area contributed by atoms with Gasteiger partial charge in [-0.05, 0) is 38.5 Å². The lowest BCUT2D eigenvalue weighted by Gasteiger charge is -2.10. The monoisotopic (exact) mass is 279 g/mol.